The molecule has 0 saturated heterocycles. The number of rotatable bonds is 5. The van der Waals surface area contributed by atoms with E-state index in [-0.39, 0.29) is 16.7 Å². The number of primary amides is 1. The van der Waals surface area contributed by atoms with Gasteiger partial charge in [0, 0.05) is 42.5 Å². The van der Waals surface area contributed by atoms with Gasteiger partial charge in [-0.15, -0.1) is 0 Å². The second-order valence-electron chi connectivity index (χ2n) is 10.1. The molecule has 1 amide bonds. The highest BCUT2D eigenvalue weighted by atomic mass is 32.2. The summed E-state index contributed by atoms with van der Waals surface area (Å²) in [6.45, 7) is 9.36. The molecular weight excluding hydrogens is 458 g/mol. The summed E-state index contributed by atoms with van der Waals surface area (Å²) in [5, 5.41) is 5.37. The number of benzene rings is 1. The maximum absolute atomic E-state index is 11.8. The van der Waals surface area contributed by atoms with Crippen LogP contribution >= 0.6 is 11.8 Å². The monoisotopic (exact) mass is 487 g/mol. The molecule has 9 heteroatoms. The number of fused-ring (bicyclic) bond motifs is 1. The molecule has 1 aliphatic rings. The molecule has 0 bridgehead atoms. The van der Waals surface area contributed by atoms with E-state index in [0.717, 1.165) is 39.1 Å². The number of nitrogens with zero attached hydrogens (tertiary/aromatic N) is 5. The van der Waals surface area contributed by atoms with Crippen LogP contribution in [-0.2, 0) is 18.4 Å². The molecule has 1 atom stereocenters. The Labute approximate surface area is 208 Å². The quantitative estimate of drug-likeness (QED) is 0.427. The van der Waals surface area contributed by atoms with Crippen molar-refractivity contribution in [2.24, 2.45) is 18.2 Å². The van der Waals surface area contributed by atoms with Crippen molar-refractivity contribution in [1.29, 1.82) is 0 Å². The van der Waals surface area contributed by atoms with Gasteiger partial charge in [0.15, 0.2) is 0 Å². The lowest BCUT2D eigenvalue weighted by Gasteiger charge is -2.35. The predicted octanol–water partition coefficient (Wildman–Crippen LogP) is 4.58. The Kier molecular flexibility index (Phi) is 5.67. The van der Waals surface area contributed by atoms with Gasteiger partial charge in [-0.1, -0.05) is 44.7 Å². The number of aryl methyl sites for hydroxylation is 2. The third kappa shape index (κ3) is 4.43. The van der Waals surface area contributed by atoms with Gasteiger partial charge in [-0.25, -0.2) is 9.97 Å². The summed E-state index contributed by atoms with van der Waals surface area (Å²) in [6.07, 6.45) is 7.30. The fraction of sp³-hybridized carbons (Fsp3) is 0.308. The van der Waals surface area contributed by atoms with Crippen LogP contribution in [0, 0.1) is 12.3 Å². The molecule has 1 aliphatic heterocycles. The molecule has 180 valence electrons. The van der Waals surface area contributed by atoms with Gasteiger partial charge >= 0.3 is 0 Å². The first-order valence-electron chi connectivity index (χ1n) is 11.5. The van der Waals surface area contributed by atoms with Crippen molar-refractivity contribution >= 4 is 28.7 Å². The smallest absolute Gasteiger partial charge is 0.256 e. The summed E-state index contributed by atoms with van der Waals surface area (Å²) in [5.74, 6) is -0.372. The van der Waals surface area contributed by atoms with Crippen molar-refractivity contribution in [2.45, 2.75) is 39.6 Å². The molecule has 8 nitrogen and oxygen atoms in total. The number of hydrogen-bond donors (Lipinski definition) is 2. The van der Waals surface area contributed by atoms with E-state index in [4.69, 9.17) is 5.73 Å². The number of aromatic amines is 1. The van der Waals surface area contributed by atoms with Crippen molar-refractivity contribution in [3.05, 3.63) is 65.2 Å². The van der Waals surface area contributed by atoms with Gasteiger partial charge in [0.05, 0.1) is 27.9 Å². The molecule has 3 aromatic heterocycles. The average molecular weight is 488 g/mol. The van der Waals surface area contributed by atoms with Gasteiger partial charge < -0.3 is 15.6 Å². The SMILES string of the molecule is Cc1cc(-c2ncnc3[nH]c(-c4cnn(C)c4)cc23)ccc1CN1C=C(C(N)=O)SC1C(C)(C)C. The van der Waals surface area contributed by atoms with Crippen LogP contribution in [0.25, 0.3) is 33.5 Å². The average Bonchev–Trinajstić information content (AvgIpc) is 3.52. The highest BCUT2D eigenvalue weighted by molar-refractivity contribution is 8.04. The molecule has 5 rings (SSSR count). The summed E-state index contributed by atoms with van der Waals surface area (Å²) in [6, 6.07) is 8.50. The third-order valence-corrected chi connectivity index (χ3v) is 7.98. The topological polar surface area (TPSA) is 106 Å². The minimum atomic E-state index is -0.372. The molecule has 0 radical (unpaired) electrons. The van der Waals surface area contributed by atoms with Crippen LogP contribution in [0.15, 0.2) is 54.1 Å². The Balaban J connectivity index is 1.46. The van der Waals surface area contributed by atoms with Crippen molar-refractivity contribution in [3.8, 4) is 22.5 Å². The lowest BCUT2D eigenvalue weighted by molar-refractivity contribution is -0.113. The van der Waals surface area contributed by atoms with E-state index in [1.165, 1.54) is 5.56 Å². The van der Waals surface area contributed by atoms with Crippen molar-refractivity contribution in [3.63, 3.8) is 0 Å². The number of thioether (sulfide) groups is 1. The van der Waals surface area contributed by atoms with E-state index >= 15 is 0 Å². The maximum atomic E-state index is 11.8. The standard InChI is InChI=1S/C26H29N7OS/c1-15-8-16(6-7-17(15)12-33-13-21(23(27)34)35-25(33)26(2,3)4)22-19-9-20(18-10-30-32(5)11-18)31-24(19)29-14-28-22/h6-11,13-14,25H,12H2,1-5H3,(H2,27,34)(H,28,29,31). The summed E-state index contributed by atoms with van der Waals surface area (Å²) in [7, 11) is 1.90. The fourth-order valence-corrected chi connectivity index (χ4v) is 5.64. The van der Waals surface area contributed by atoms with Crippen LogP contribution in [0.2, 0.25) is 0 Å². The molecular formula is C26H29N7OS. The molecule has 0 saturated carbocycles. The van der Waals surface area contributed by atoms with Gasteiger partial charge in [-0.2, -0.15) is 5.10 Å². The zero-order valence-corrected chi connectivity index (χ0v) is 21.3. The Morgan fingerprint density at radius 1 is 1.20 bits per heavy atom. The van der Waals surface area contributed by atoms with Crippen molar-refractivity contribution < 1.29 is 4.79 Å². The van der Waals surface area contributed by atoms with Crippen LogP contribution < -0.4 is 5.73 Å². The van der Waals surface area contributed by atoms with Gasteiger partial charge in [-0.3, -0.25) is 9.48 Å². The molecule has 1 unspecified atom stereocenters. The predicted molar refractivity (Wildman–Crippen MR) is 140 cm³/mol. The zero-order chi connectivity index (χ0) is 24.9. The molecule has 4 aromatic rings. The Morgan fingerprint density at radius 2 is 2.00 bits per heavy atom. The van der Waals surface area contributed by atoms with Crippen LogP contribution in [0.1, 0.15) is 31.9 Å². The Bertz CT molecular complexity index is 1460. The molecule has 0 fully saturated rings. The second kappa shape index (κ2) is 8.57. The molecule has 0 spiro atoms. The summed E-state index contributed by atoms with van der Waals surface area (Å²) >= 11 is 1.55. The Morgan fingerprint density at radius 3 is 2.66 bits per heavy atom. The van der Waals surface area contributed by atoms with Gasteiger partial charge in [-0.05, 0) is 35.6 Å². The molecule has 0 aliphatic carbocycles. The number of amides is 1. The van der Waals surface area contributed by atoms with Crippen molar-refractivity contribution in [2.75, 3.05) is 0 Å². The van der Waals surface area contributed by atoms with E-state index in [9.17, 15) is 4.79 Å². The van der Waals surface area contributed by atoms with Gasteiger partial charge in [0.2, 0.25) is 0 Å². The number of carbonyl (C=O) groups is 1. The lowest BCUT2D eigenvalue weighted by Crippen LogP contribution is -2.35. The van der Waals surface area contributed by atoms with Crippen molar-refractivity contribution in [1.82, 2.24) is 29.6 Å². The molecule has 4 heterocycles. The molecule has 1 aromatic carbocycles. The first-order valence-corrected chi connectivity index (χ1v) is 12.3. The van der Waals surface area contributed by atoms with Gasteiger partial charge in [0.1, 0.15) is 12.0 Å². The third-order valence-electron chi connectivity index (χ3n) is 6.22. The zero-order valence-electron chi connectivity index (χ0n) is 20.5. The summed E-state index contributed by atoms with van der Waals surface area (Å²) in [4.78, 5) is 27.1. The number of nitrogens with one attached hydrogen (secondary N) is 1. The summed E-state index contributed by atoms with van der Waals surface area (Å²) in [5.41, 5.74) is 12.6. The second-order valence-corrected chi connectivity index (χ2v) is 11.2. The highest BCUT2D eigenvalue weighted by Gasteiger charge is 2.36. The molecule has 3 N–H and O–H groups in total. The number of hydrogen-bond acceptors (Lipinski definition) is 6. The first kappa shape index (κ1) is 23.2. The van der Waals surface area contributed by atoms with E-state index in [1.54, 1.807) is 22.8 Å². The summed E-state index contributed by atoms with van der Waals surface area (Å²) < 4.78 is 1.78. The van der Waals surface area contributed by atoms with E-state index in [2.05, 4.69) is 76.9 Å². The van der Waals surface area contributed by atoms with Crippen LogP contribution in [0.5, 0.6) is 0 Å². The first-order chi connectivity index (χ1) is 16.6. The largest absolute Gasteiger partial charge is 0.365 e. The van der Waals surface area contributed by atoms with Crippen LogP contribution in [0.3, 0.4) is 0 Å². The minimum Gasteiger partial charge on any atom is -0.365 e. The van der Waals surface area contributed by atoms with E-state index in [0.29, 0.717) is 11.4 Å². The van der Waals surface area contributed by atoms with Gasteiger partial charge in [0.25, 0.3) is 5.91 Å². The number of nitrogens with two attached hydrogens (primary N) is 1. The van der Waals surface area contributed by atoms with E-state index in [1.807, 2.05) is 25.6 Å². The van der Waals surface area contributed by atoms with Crippen LogP contribution in [-0.4, -0.2) is 40.9 Å². The Hall–Kier alpha value is -3.59. The maximum Gasteiger partial charge on any atom is 0.256 e. The number of aromatic nitrogens is 5. The lowest BCUT2D eigenvalue weighted by atomic mass is 9.95. The normalized spacial score (nSPS) is 16.2. The fourth-order valence-electron chi connectivity index (χ4n) is 4.46. The minimum absolute atomic E-state index is 0.0148. The number of H-pyrrole nitrogens is 1. The van der Waals surface area contributed by atoms with Crippen LogP contribution in [0.4, 0.5) is 0 Å². The van der Waals surface area contributed by atoms with E-state index < -0.39 is 0 Å². The number of carbonyl (C=O) groups excluding carboxylic acids is 1. The molecule has 35 heavy (non-hydrogen) atoms. The highest BCUT2D eigenvalue weighted by Crippen LogP contribution is 2.43.